The van der Waals surface area contributed by atoms with Crippen molar-refractivity contribution in [2.45, 2.75) is 110 Å². The number of fused-ring (bicyclic) bond motifs is 5. The van der Waals surface area contributed by atoms with Crippen molar-refractivity contribution in [1.29, 1.82) is 0 Å². The zero-order chi connectivity index (χ0) is 25.2. The highest BCUT2D eigenvalue weighted by atomic mass is 17.0. The summed E-state index contributed by atoms with van der Waals surface area (Å²) < 4.78 is 0. The second-order valence-electron chi connectivity index (χ2n) is 13.2. The number of quaternary nitrogens is 1. The molecule has 0 bridgehead atoms. The molecule has 1 unspecified atom stereocenters. The fraction of sp³-hybridized carbons (Fsp3) is 0.893. The van der Waals surface area contributed by atoms with Crippen molar-refractivity contribution in [3.8, 4) is 0 Å². The molecule has 1 aliphatic heterocycles. The van der Waals surface area contributed by atoms with Crippen LogP contribution in [0.15, 0.2) is 0 Å². The van der Waals surface area contributed by atoms with Crippen molar-refractivity contribution in [2.24, 2.45) is 46.3 Å². The van der Waals surface area contributed by atoms with Crippen LogP contribution in [-0.2, 0) is 19.2 Å². The molecule has 5 rings (SSSR count). The Morgan fingerprint density at radius 3 is 2.37 bits per heavy atom. The van der Waals surface area contributed by atoms with Gasteiger partial charge in [0, 0.05) is 0 Å². The van der Waals surface area contributed by atoms with E-state index in [1.165, 1.54) is 44.9 Å². The van der Waals surface area contributed by atoms with Crippen LogP contribution in [0.1, 0.15) is 104 Å². The van der Waals surface area contributed by atoms with Crippen molar-refractivity contribution in [3.05, 3.63) is 0 Å². The van der Waals surface area contributed by atoms with Gasteiger partial charge in [-0.25, -0.2) is 19.2 Å². The molecule has 2 N–H and O–H groups in total. The van der Waals surface area contributed by atoms with Gasteiger partial charge in [0.25, 0.3) is 0 Å². The maximum absolute atomic E-state index is 12.4. The number of carbonyl (C=O) groups is 3. The number of nitrogens with zero attached hydrogens (tertiary/aromatic N) is 1. The van der Waals surface area contributed by atoms with Crippen molar-refractivity contribution in [2.75, 3.05) is 0 Å². The summed E-state index contributed by atoms with van der Waals surface area (Å²) in [6, 6.07) is 0. The van der Waals surface area contributed by atoms with Gasteiger partial charge < -0.3 is 5.11 Å². The summed E-state index contributed by atoms with van der Waals surface area (Å²) >= 11 is 0. The van der Waals surface area contributed by atoms with E-state index in [4.69, 9.17) is 4.84 Å². The monoisotopic (exact) mass is 490 g/mol. The summed E-state index contributed by atoms with van der Waals surface area (Å²) in [5, 5.41) is 20.5. The molecule has 7 heteroatoms. The van der Waals surface area contributed by atoms with Crippen molar-refractivity contribution >= 4 is 17.8 Å². The average molecular weight is 491 g/mol. The molecule has 5 aliphatic rings. The van der Waals surface area contributed by atoms with Gasteiger partial charge in [-0.1, -0.05) is 20.8 Å². The van der Waals surface area contributed by atoms with E-state index >= 15 is 0 Å². The predicted octanol–water partition coefficient (Wildman–Crippen LogP) is 4.93. The molecule has 35 heavy (non-hydrogen) atoms. The van der Waals surface area contributed by atoms with Gasteiger partial charge in [-0.2, -0.15) is 5.21 Å². The Morgan fingerprint density at radius 2 is 1.66 bits per heavy atom. The molecule has 4 aliphatic carbocycles. The molecule has 1 heterocycles. The van der Waals surface area contributed by atoms with Crippen LogP contribution in [-0.4, -0.2) is 39.0 Å². The van der Waals surface area contributed by atoms with E-state index < -0.39 is 22.6 Å². The van der Waals surface area contributed by atoms with E-state index in [-0.39, 0.29) is 30.8 Å². The molecule has 0 aromatic heterocycles. The largest absolute Gasteiger partial charge is 0.397 e. The van der Waals surface area contributed by atoms with Gasteiger partial charge in [0.15, 0.2) is 0 Å². The minimum atomic E-state index is -1.81. The van der Waals surface area contributed by atoms with Crippen LogP contribution in [0.2, 0.25) is 0 Å². The second kappa shape index (κ2) is 8.91. The number of hydroxylamine groups is 4. The quantitative estimate of drug-likeness (QED) is 0.322. The summed E-state index contributed by atoms with van der Waals surface area (Å²) in [5.41, 5.74) is 0.665. The Morgan fingerprint density at radius 1 is 1.00 bits per heavy atom. The molecule has 196 valence electrons. The number of rotatable bonds is 5. The van der Waals surface area contributed by atoms with Gasteiger partial charge in [0.2, 0.25) is 0 Å². The molecule has 0 aromatic rings. The van der Waals surface area contributed by atoms with Gasteiger partial charge >= 0.3 is 17.8 Å². The van der Waals surface area contributed by atoms with Crippen LogP contribution in [0.4, 0.5) is 0 Å². The normalized spacial score (nSPS) is 45.4. The van der Waals surface area contributed by atoms with Crippen LogP contribution in [0.25, 0.3) is 0 Å². The number of amides is 2. The lowest BCUT2D eigenvalue weighted by Crippen LogP contribution is -2.54. The van der Waals surface area contributed by atoms with Gasteiger partial charge in [-0.05, 0) is 111 Å². The van der Waals surface area contributed by atoms with E-state index in [2.05, 4.69) is 20.8 Å². The SMILES string of the molecule is C[C@H](CCC(=O)O[N+]1(O)C(=O)CCC1=O)[C@H]1CC[C@H]2[C@@H]3CCC4C[C@H](O)CC[C@]4(C)[C@H]3CC[C@]12C. The Balaban J connectivity index is 1.21. The highest BCUT2D eigenvalue weighted by Crippen LogP contribution is 2.68. The summed E-state index contributed by atoms with van der Waals surface area (Å²) in [7, 11) is 0. The maximum Gasteiger partial charge on any atom is 0.397 e. The van der Waals surface area contributed by atoms with Gasteiger partial charge in [0.05, 0.1) is 25.4 Å². The van der Waals surface area contributed by atoms with Crippen LogP contribution in [0.3, 0.4) is 0 Å². The number of carbonyl (C=O) groups excluding carboxylic acids is 3. The van der Waals surface area contributed by atoms with Crippen LogP contribution < -0.4 is 0 Å². The lowest BCUT2D eigenvalue weighted by Gasteiger charge is -2.61. The summed E-state index contributed by atoms with van der Waals surface area (Å²) in [6.45, 7) is 7.25. The Bertz CT molecular complexity index is 873. The number of imide groups is 1. The van der Waals surface area contributed by atoms with Crippen LogP contribution in [0, 0.1) is 46.3 Å². The summed E-state index contributed by atoms with van der Waals surface area (Å²) in [5.74, 6) is 1.62. The molecule has 0 radical (unpaired) electrons. The Kier molecular flexibility index (Phi) is 6.45. The highest BCUT2D eigenvalue weighted by Gasteiger charge is 2.61. The highest BCUT2D eigenvalue weighted by molar-refractivity contribution is 5.91. The van der Waals surface area contributed by atoms with Gasteiger partial charge in [-0.15, -0.1) is 0 Å². The number of hydrogen-bond donors (Lipinski definition) is 2. The third-order valence-corrected chi connectivity index (χ3v) is 11.7. The smallest absolute Gasteiger partial charge is 0.393 e. The zero-order valence-corrected chi connectivity index (χ0v) is 21.7. The van der Waals surface area contributed by atoms with E-state index in [0.29, 0.717) is 29.6 Å². The molecule has 7 nitrogen and oxygen atoms in total. The van der Waals surface area contributed by atoms with Gasteiger partial charge in [0.1, 0.15) is 4.81 Å². The molecular weight excluding hydrogens is 446 g/mol. The van der Waals surface area contributed by atoms with Crippen molar-refractivity contribution < 1.29 is 34.3 Å². The fourth-order valence-electron chi connectivity index (χ4n) is 9.71. The fourth-order valence-corrected chi connectivity index (χ4v) is 9.71. The third kappa shape index (κ3) is 4.00. The standard InChI is InChI=1S/C28H44NO6/c1-17(4-11-26(33)35-29(34)24(31)9-10-25(29)32)21-7-8-22-20-6-5-18-16-19(30)12-14-27(18,2)23(20)13-15-28(21,22)3/h17-23,30,34H,4-16H2,1-3H3/q+1/t17-,18?,19-,20+,21-,22+,23+,27+,28-/m1/s1. The lowest BCUT2D eigenvalue weighted by molar-refractivity contribution is -1.12. The number of aliphatic hydroxyl groups excluding tert-OH is 1. The number of aliphatic hydroxyl groups is 1. The average Bonchev–Trinajstić information content (AvgIpc) is 3.29. The third-order valence-electron chi connectivity index (χ3n) is 11.7. The molecule has 0 spiro atoms. The van der Waals surface area contributed by atoms with E-state index in [1.807, 2.05) is 0 Å². The molecule has 5 fully saturated rings. The minimum absolute atomic E-state index is 0.0939. The minimum Gasteiger partial charge on any atom is -0.393 e. The first-order chi connectivity index (χ1) is 16.5. The van der Waals surface area contributed by atoms with Crippen LogP contribution >= 0.6 is 0 Å². The number of hydrogen-bond acceptors (Lipinski definition) is 6. The Hall–Kier alpha value is -1.31. The summed E-state index contributed by atoms with van der Waals surface area (Å²) in [6.07, 6.45) is 11.1. The maximum atomic E-state index is 12.4. The zero-order valence-electron chi connectivity index (χ0n) is 21.7. The first kappa shape index (κ1) is 25.3. The van der Waals surface area contributed by atoms with Crippen molar-refractivity contribution in [1.82, 2.24) is 0 Å². The van der Waals surface area contributed by atoms with E-state index in [0.717, 1.165) is 30.6 Å². The Labute approximate surface area is 209 Å². The first-order valence-electron chi connectivity index (χ1n) is 14.1. The lowest BCUT2D eigenvalue weighted by atomic mass is 9.44. The van der Waals surface area contributed by atoms with Gasteiger partial charge in [-0.3, -0.25) is 0 Å². The second-order valence-corrected chi connectivity index (χ2v) is 13.2. The van der Waals surface area contributed by atoms with Crippen molar-refractivity contribution in [3.63, 3.8) is 0 Å². The van der Waals surface area contributed by atoms with E-state index in [1.54, 1.807) is 0 Å². The van der Waals surface area contributed by atoms with Crippen LogP contribution in [0.5, 0.6) is 0 Å². The molecular formula is C28H44NO6+. The topological polar surface area (TPSA) is 101 Å². The molecule has 0 aromatic carbocycles. The molecule has 9 atom stereocenters. The predicted molar refractivity (Wildman–Crippen MR) is 127 cm³/mol. The molecule has 4 saturated carbocycles. The molecule has 1 saturated heterocycles. The molecule has 2 amide bonds. The first-order valence-corrected chi connectivity index (χ1v) is 14.1. The van der Waals surface area contributed by atoms with E-state index in [9.17, 15) is 24.7 Å². The summed E-state index contributed by atoms with van der Waals surface area (Å²) in [4.78, 5) is 39.3.